The number of amides is 1. The van der Waals surface area contributed by atoms with Gasteiger partial charge in [0.1, 0.15) is 12.3 Å². The fourth-order valence-electron chi connectivity index (χ4n) is 3.69. The van der Waals surface area contributed by atoms with Crippen molar-refractivity contribution in [1.29, 1.82) is 0 Å². The standard InChI is InChI=1S/C27H19F5N2O5/c1-3-38-19-11-15(6-9-18(19)39-12-14-4-7-16(8-5-14)27(36)37)10-17-13(2)33-34(26(17)35)25-23(31)21(29)20(28)22(30)24(25)32/h4-11H,3,12H2,1-2H3,(H,36,37)/b17-10+. The molecular weight excluding hydrogens is 527 g/mol. The van der Waals surface area contributed by atoms with Crippen LogP contribution < -0.4 is 14.5 Å². The van der Waals surface area contributed by atoms with Crippen LogP contribution in [0.4, 0.5) is 27.6 Å². The number of halogens is 5. The van der Waals surface area contributed by atoms with Crippen LogP contribution in [0.1, 0.15) is 35.3 Å². The third-order valence-electron chi connectivity index (χ3n) is 5.63. The van der Waals surface area contributed by atoms with E-state index >= 15 is 0 Å². The lowest BCUT2D eigenvalue weighted by Gasteiger charge is -2.15. The Kier molecular flexibility index (Phi) is 7.65. The average Bonchev–Trinajstić information content (AvgIpc) is 3.19. The zero-order valence-electron chi connectivity index (χ0n) is 20.4. The van der Waals surface area contributed by atoms with Crippen LogP contribution in [0, 0.1) is 29.1 Å². The highest BCUT2D eigenvalue weighted by Gasteiger charge is 2.37. The third kappa shape index (κ3) is 5.31. The summed E-state index contributed by atoms with van der Waals surface area (Å²) < 4.78 is 80.8. The summed E-state index contributed by atoms with van der Waals surface area (Å²) in [6, 6.07) is 10.7. The minimum absolute atomic E-state index is 0.0213. The number of hydrogen-bond acceptors (Lipinski definition) is 5. The van der Waals surface area contributed by atoms with E-state index in [1.165, 1.54) is 31.2 Å². The lowest BCUT2D eigenvalue weighted by Crippen LogP contribution is -2.25. The first-order chi connectivity index (χ1) is 18.5. The molecule has 0 atom stereocenters. The first-order valence-corrected chi connectivity index (χ1v) is 11.4. The molecule has 0 fully saturated rings. The number of ether oxygens (including phenoxy) is 2. The highest BCUT2D eigenvalue weighted by molar-refractivity contribution is 6.32. The predicted octanol–water partition coefficient (Wildman–Crippen LogP) is 5.86. The van der Waals surface area contributed by atoms with Crippen molar-refractivity contribution in [1.82, 2.24) is 0 Å². The number of benzene rings is 3. The Hall–Kier alpha value is -4.74. The summed E-state index contributed by atoms with van der Waals surface area (Å²) in [6.07, 6.45) is 1.32. The molecule has 0 aromatic heterocycles. The summed E-state index contributed by atoms with van der Waals surface area (Å²) in [5.41, 5.74) is -0.417. The van der Waals surface area contributed by atoms with Gasteiger partial charge in [-0.1, -0.05) is 18.2 Å². The van der Waals surface area contributed by atoms with E-state index in [2.05, 4.69) is 5.10 Å². The smallest absolute Gasteiger partial charge is 0.335 e. The highest BCUT2D eigenvalue weighted by atomic mass is 19.2. The van der Waals surface area contributed by atoms with E-state index in [4.69, 9.17) is 14.6 Å². The van der Waals surface area contributed by atoms with Gasteiger partial charge in [0.15, 0.2) is 34.8 Å². The van der Waals surface area contributed by atoms with Crippen molar-refractivity contribution >= 4 is 29.4 Å². The maximum absolute atomic E-state index is 14.3. The van der Waals surface area contributed by atoms with E-state index in [0.29, 0.717) is 22.6 Å². The van der Waals surface area contributed by atoms with Crippen molar-refractivity contribution in [3.63, 3.8) is 0 Å². The van der Waals surface area contributed by atoms with Gasteiger partial charge in [-0.15, -0.1) is 0 Å². The van der Waals surface area contributed by atoms with Crippen molar-refractivity contribution in [3.8, 4) is 11.5 Å². The zero-order chi connectivity index (χ0) is 28.4. The number of rotatable bonds is 8. The summed E-state index contributed by atoms with van der Waals surface area (Å²) in [7, 11) is 0. The number of carbonyl (C=O) groups is 2. The molecule has 4 rings (SSSR count). The molecule has 39 heavy (non-hydrogen) atoms. The summed E-state index contributed by atoms with van der Waals surface area (Å²) in [6.45, 7) is 3.43. The van der Waals surface area contributed by atoms with E-state index in [9.17, 15) is 31.5 Å². The van der Waals surface area contributed by atoms with E-state index in [0.717, 1.165) is 0 Å². The maximum atomic E-state index is 14.3. The van der Waals surface area contributed by atoms with Crippen LogP contribution in [0.15, 0.2) is 53.1 Å². The Labute approximate surface area is 218 Å². The number of carboxylic acid groups (broad SMARTS) is 1. The van der Waals surface area contributed by atoms with Gasteiger partial charge in [-0.3, -0.25) is 4.79 Å². The minimum Gasteiger partial charge on any atom is -0.490 e. The summed E-state index contributed by atoms with van der Waals surface area (Å²) in [4.78, 5) is 23.9. The van der Waals surface area contributed by atoms with E-state index in [1.807, 2.05) is 0 Å². The molecule has 0 aliphatic carbocycles. The predicted molar refractivity (Wildman–Crippen MR) is 130 cm³/mol. The first kappa shape index (κ1) is 27.3. The second kappa shape index (κ2) is 10.9. The summed E-state index contributed by atoms with van der Waals surface area (Å²) >= 11 is 0. The number of nitrogens with zero attached hydrogens (tertiary/aromatic N) is 2. The summed E-state index contributed by atoms with van der Waals surface area (Å²) in [5, 5.41) is 12.9. The molecule has 1 aliphatic heterocycles. The van der Waals surface area contributed by atoms with E-state index in [-0.39, 0.29) is 35.1 Å². The number of carbonyl (C=O) groups excluding carboxylic acids is 1. The molecule has 202 valence electrons. The van der Waals surface area contributed by atoms with Gasteiger partial charge >= 0.3 is 5.97 Å². The monoisotopic (exact) mass is 546 g/mol. The number of carboxylic acids is 1. The molecular formula is C27H19F5N2O5. The van der Waals surface area contributed by atoms with Gasteiger partial charge in [0.05, 0.1) is 23.5 Å². The molecule has 0 saturated carbocycles. The van der Waals surface area contributed by atoms with E-state index < -0.39 is 46.6 Å². The Morgan fingerprint density at radius 1 is 0.923 bits per heavy atom. The molecule has 1 aliphatic rings. The molecule has 0 bridgehead atoms. The van der Waals surface area contributed by atoms with Crippen LogP contribution in [-0.4, -0.2) is 29.3 Å². The number of hydrogen-bond donors (Lipinski definition) is 1. The molecule has 1 N–H and O–H groups in total. The molecule has 0 saturated heterocycles. The van der Waals surface area contributed by atoms with Crippen LogP contribution in [-0.2, 0) is 11.4 Å². The molecule has 0 unspecified atom stereocenters. The average molecular weight is 546 g/mol. The van der Waals surface area contributed by atoms with Crippen LogP contribution in [0.3, 0.4) is 0 Å². The topological polar surface area (TPSA) is 88.4 Å². The third-order valence-corrected chi connectivity index (χ3v) is 5.63. The van der Waals surface area contributed by atoms with Crippen LogP contribution in [0.2, 0.25) is 0 Å². The second-order valence-corrected chi connectivity index (χ2v) is 8.21. The number of hydrazone groups is 1. The van der Waals surface area contributed by atoms with Gasteiger partial charge in [0.2, 0.25) is 5.82 Å². The summed E-state index contributed by atoms with van der Waals surface area (Å²) in [5.74, 6) is -12.6. The van der Waals surface area contributed by atoms with Crippen molar-refractivity contribution in [3.05, 3.63) is 93.8 Å². The van der Waals surface area contributed by atoms with Crippen LogP contribution >= 0.6 is 0 Å². The van der Waals surface area contributed by atoms with Gasteiger partial charge in [-0.25, -0.2) is 26.7 Å². The van der Waals surface area contributed by atoms with Gasteiger partial charge < -0.3 is 14.6 Å². The van der Waals surface area contributed by atoms with Crippen molar-refractivity contribution in [2.75, 3.05) is 11.6 Å². The van der Waals surface area contributed by atoms with Crippen molar-refractivity contribution < 1.29 is 46.1 Å². The molecule has 0 spiro atoms. The molecule has 1 heterocycles. The van der Waals surface area contributed by atoms with Gasteiger partial charge in [-0.05, 0) is 55.3 Å². The molecule has 3 aromatic rings. The van der Waals surface area contributed by atoms with Gasteiger partial charge in [-0.2, -0.15) is 10.1 Å². The van der Waals surface area contributed by atoms with E-state index in [1.54, 1.807) is 31.2 Å². The Bertz CT molecular complexity index is 1510. The Balaban J connectivity index is 1.60. The molecule has 3 aromatic carbocycles. The zero-order valence-corrected chi connectivity index (χ0v) is 20.4. The number of aromatic carboxylic acids is 1. The molecule has 12 heteroatoms. The maximum Gasteiger partial charge on any atom is 0.335 e. The highest BCUT2D eigenvalue weighted by Crippen LogP contribution is 2.35. The first-order valence-electron chi connectivity index (χ1n) is 11.4. The minimum atomic E-state index is -2.35. The SMILES string of the molecule is CCOc1cc(/C=C2/C(=O)N(c3c(F)c(F)c(F)c(F)c3F)N=C2C)ccc1OCc1ccc(C(=O)O)cc1. The molecule has 0 radical (unpaired) electrons. The van der Waals surface area contributed by atoms with Crippen molar-refractivity contribution in [2.24, 2.45) is 5.10 Å². The fourth-order valence-corrected chi connectivity index (χ4v) is 3.69. The Morgan fingerprint density at radius 3 is 2.13 bits per heavy atom. The lowest BCUT2D eigenvalue weighted by molar-refractivity contribution is -0.114. The largest absolute Gasteiger partial charge is 0.490 e. The lowest BCUT2D eigenvalue weighted by atomic mass is 10.1. The van der Waals surface area contributed by atoms with Gasteiger partial charge in [0, 0.05) is 0 Å². The normalized spacial score (nSPS) is 14.1. The number of anilines is 1. The Morgan fingerprint density at radius 2 is 1.54 bits per heavy atom. The quantitative estimate of drug-likeness (QED) is 0.165. The van der Waals surface area contributed by atoms with Crippen LogP contribution in [0.5, 0.6) is 11.5 Å². The molecule has 1 amide bonds. The van der Waals surface area contributed by atoms with Gasteiger partial charge in [0.25, 0.3) is 5.91 Å². The molecule has 7 nitrogen and oxygen atoms in total. The van der Waals surface area contributed by atoms with Crippen LogP contribution in [0.25, 0.3) is 6.08 Å². The fraction of sp³-hybridized carbons (Fsp3) is 0.148. The van der Waals surface area contributed by atoms with Crippen molar-refractivity contribution in [2.45, 2.75) is 20.5 Å². The second-order valence-electron chi connectivity index (χ2n) is 8.21.